The molecule has 4 nitrogen and oxygen atoms in total. The van der Waals surface area contributed by atoms with Gasteiger partial charge >= 0.3 is 0 Å². The van der Waals surface area contributed by atoms with Gasteiger partial charge in [-0.25, -0.2) is 4.98 Å². The number of aromatic nitrogens is 1. The summed E-state index contributed by atoms with van der Waals surface area (Å²) < 4.78 is 12.0. The van der Waals surface area contributed by atoms with Gasteiger partial charge in [0.2, 0.25) is 5.89 Å². The van der Waals surface area contributed by atoms with Gasteiger partial charge in [0.05, 0.1) is 24.9 Å². The van der Waals surface area contributed by atoms with Crippen molar-refractivity contribution in [2.45, 2.75) is 13.0 Å². The van der Waals surface area contributed by atoms with Crippen molar-refractivity contribution in [2.24, 2.45) is 0 Å². The van der Waals surface area contributed by atoms with E-state index in [9.17, 15) is 0 Å². The lowest BCUT2D eigenvalue weighted by molar-refractivity contribution is 0.410. The van der Waals surface area contributed by atoms with Crippen molar-refractivity contribution in [3.05, 3.63) is 34.8 Å². The zero-order valence-corrected chi connectivity index (χ0v) is 12.1. The Labute approximate surface area is 114 Å². The molecule has 0 saturated carbocycles. The number of oxazole rings is 1. The molecule has 1 unspecified atom stereocenters. The van der Waals surface area contributed by atoms with Crippen molar-refractivity contribution in [1.29, 1.82) is 0 Å². The molecule has 1 N–H and O–H groups in total. The molecule has 0 spiro atoms. The number of nitrogens with one attached hydrogen (secondary N) is 1. The van der Waals surface area contributed by atoms with E-state index in [-0.39, 0.29) is 6.04 Å². The molecule has 5 heteroatoms. The molecule has 0 aliphatic rings. The summed E-state index contributed by atoms with van der Waals surface area (Å²) in [5.74, 6) is 2.12. The minimum absolute atomic E-state index is 0.0835. The van der Waals surface area contributed by atoms with E-state index in [1.54, 1.807) is 13.3 Å². The van der Waals surface area contributed by atoms with Crippen LogP contribution < -0.4 is 10.1 Å². The van der Waals surface area contributed by atoms with Gasteiger partial charge in [0.25, 0.3) is 0 Å². The number of hydrogen-bond donors (Lipinski definition) is 1. The van der Waals surface area contributed by atoms with E-state index in [0.29, 0.717) is 11.7 Å². The molecule has 0 fully saturated rings. The highest BCUT2D eigenvalue weighted by Gasteiger charge is 2.14. The summed E-state index contributed by atoms with van der Waals surface area (Å²) >= 11 is 3.41. The molecule has 96 valence electrons. The SMILES string of the molecule is CNC(C)c1ncc(-c2ccc(Br)cc2OC)o1. The summed E-state index contributed by atoms with van der Waals surface area (Å²) in [6.45, 7) is 1.99. The van der Waals surface area contributed by atoms with Gasteiger partial charge in [-0.3, -0.25) is 0 Å². The maximum absolute atomic E-state index is 5.74. The van der Waals surface area contributed by atoms with Gasteiger partial charge in [-0.1, -0.05) is 15.9 Å². The van der Waals surface area contributed by atoms with Crippen LogP contribution in [-0.4, -0.2) is 19.1 Å². The van der Waals surface area contributed by atoms with Crippen LogP contribution in [0.2, 0.25) is 0 Å². The zero-order valence-electron chi connectivity index (χ0n) is 10.5. The number of benzene rings is 1. The number of hydrogen-bond acceptors (Lipinski definition) is 4. The van der Waals surface area contributed by atoms with E-state index < -0.39 is 0 Å². The fourth-order valence-corrected chi connectivity index (χ4v) is 1.94. The molecule has 1 atom stereocenters. The normalized spacial score (nSPS) is 12.4. The second kappa shape index (κ2) is 5.54. The average molecular weight is 311 g/mol. The second-order valence-corrected chi connectivity index (χ2v) is 4.83. The molecular weight excluding hydrogens is 296 g/mol. The van der Waals surface area contributed by atoms with E-state index in [0.717, 1.165) is 15.8 Å². The molecule has 1 aromatic heterocycles. The first-order valence-corrected chi connectivity index (χ1v) is 6.42. The van der Waals surface area contributed by atoms with Crippen molar-refractivity contribution >= 4 is 15.9 Å². The van der Waals surface area contributed by atoms with Crippen LogP contribution in [0.15, 0.2) is 33.3 Å². The third-order valence-corrected chi connectivity index (χ3v) is 3.25. The number of rotatable bonds is 4. The Morgan fingerprint density at radius 1 is 1.44 bits per heavy atom. The van der Waals surface area contributed by atoms with E-state index in [1.807, 2.05) is 32.2 Å². The summed E-state index contributed by atoms with van der Waals surface area (Å²) in [5, 5.41) is 3.09. The van der Waals surface area contributed by atoms with Gasteiger partial charge in [0.15, 0.2) is 5.76 Å². The van der Waals surface area contributed by atoms with Crippen LogP contribution in [0.3, 0.4) is 0 Å². The minimum atomic E-state index is 0.0835. The predicted octanol–water partition coefficient (Wildman–Crippen LogP) is 3.39. The van der Waals surface area contributed by atoms with Crippen LogP contribution in [0.5, 0.6) is 5.75 Å². The topological polar surface area (TPSA) is 47.3 Å². The Balaban J connectivity index is 2.39. The molecule has 2 rings (SSSR count). The van der Waals surface area contributed by atoms with Crippen LogP contribution in [0.25, 0.3) is 11.3 Å². The van der Waals surface area contributed by atoms with Crippen LogP contribution in [0, 0.1) is 0 Å². The lowest BCUT2D eigenvalue weighted by Gasteiger charge is -2.07. The molecule has 1 aromatic carbocycles. The van der Waals surface area contributed by atoms with Crippen LogP contribution in [0.4, 0.5) is 0 Å². The molecule has 0 aliphatic heterocycles. The average Bonchev–Trinajstić information content (AvgIpc) is 2.87. The second-order valence-electron chi connectivity index (χ2n) is 3.92. The van der Waals surface area contributed by atoms with E-state index in [4.69, 9.17) is 9.15 Å². The quantitative estimate of drug-likeness (QED) is 0.940. The molecule has 0 saturated heterocycles. The summed E-state index contributed by atoms with van der Waals surface area (Å²) in [6, 6.07) is 5.87. The molecule has 2 aromatic rings. The largest absolute Gasteiger partial charge is 0.496 e. The number of nitrogens with zero attached hydrogens (tertiary/aromatic N) is 1. The summed E-state index contributed by atoms with van der Waals surface area (Å²) in [7, 11) is 3.51. The Hall–Kier alpha value is -1.33. The zero-order chi connectivity index (χ0) is 13.1. The van der Waals surface area contributed by atoms with E-state index in [1.165, 1.54) is 0 Å². The third-order valence-electron chi connectivity index (χ3n) is 2.76. The highest BCUT2D eigenvalue weighted by Crippen LogP contribution is 2.33. The minimum Gasteiger partial charge on any atom is -0.496 e. The molecule has 18 heavy (non-hydrogen) atoms. The standard InChI is InChI=1S/C13H15BrN2O2/c1-8(15-2)13-16-7-12(18-13)10-5-4-9(14)6-11(10)17-3/h4-8,15H,1-3H3. The van der Waals surface area contributed by atoms with Crippen molar-refractivity contribution in [1.82, 2.24) is 10.3 Å². The molecule has 0 amide bonds. The Morgan fingerprint density at radius 3 is 2.89 bits per heavy atom. The van der Waals surface area contributed by atoms with Crippen LogP contribution in [0.1, 0.15) is 18.9 Å². The highest BCUT2D eigenvalue weighted by atomic mass is 79.9. The first-order valence-electron chi connectivity index (χ1n) is 5.62. The van der Waals surface area contributed by atoms with Gasteiger partial charge in [0, 0.05) is 4.47 Å². The Bertz CT molecular complexity index is 540. The maximum atomic E-state index is 5.74. The van der Waals surface area contributed by atoms with E-state index in [2.05, 4.69) is 26.2 Å². The maximum Gasteiger partial charge on any atom is 0.211 e. The smallest absolute Gasteiger partial charge is 0.211 e. The molecule has 0 bridgehead atoms. The molecule has 0 aliphatic carbocycles. The summed E-state index contributed by atoms with van der Waals surface area (Å²) in [4.78, 5) is 4.26. The van der Waals surface area contributed by atoms with Gasteiger partial charge in [-0.2, -0.15) is 0 Å². The summed E-state index contributed by atoms with van der Waals surface area (Å²) in [6.07, 6.45) is 1.72. The van der Waals surface area contributed by atoms with Crippen molar-refractivity contribution in [3.63, 3.8) is 0 Å². The van der Waals surface area contributed by atoms with Crippen molar-refractivity contribution < 1.29 is 9.15 Å². The Morgan fingerprint density at radius 2 is 2.22 bits per heavy atom. The fourth-order valence-electron chi connectivity index (χ4n) is 1.60. The lowest BCUT2D eigenvalue weighted by atomic mass is 10.1. The van der Waals surface area contributed by atoms with Crippen molar-refractivity contribution in [2.75, 3.05) is 14.2 Å². The highest BCUT2D eigenvalue weighted by molar-refractivity contribution is 9.10. The number of ether oxygens (including phenoxy) is 1. The van der Waals surface area contributed by atoms with Gasteiger partial charge in [0.1, 0.15) is 5.75 Å². The van der Waals surface area contributed by atoms with Gasteiger partial charge in [-0.15, -0.1) is 0 Å². The van der Waals surface area contributed by atoms with Crippen LogP contribution >= 0.6 is 15.9 Å². The van der Waals surface area contributed by atoms with Gasteiger partial charge < -0.3 is 14.5 Å². The Kier molecular flexibility index (Phi) is 4.04. The first kappa shape index (κ1) is 13.1. The molecule has 0 radical (unpaired) electrons. The monoisotopic (exact) mass is 310 g/mol. The summed E-state index contributed by atoms with van der Waals surface area (Å²) in [5.41, 5.74) is 0.891. The van der Waals surface area contributed by atoms with Crippen LogP contribution in [-0.2, 0) is 0 Å². The van der Waals surface area contributed by atoms with Crippen molar-refractivity contribution in [3.8, 4) is 17.1 Å². The molecule has 1 heterocycles. The number of halogens is 1. The fraction of sp³-hybridized carbons (Fsp3) is 0.308. The van der Waals surface area contributed by atoms with Gasteiger partial charge in [-0.05, 0) is 32.2 Å². The van der Waals surface area contributed by atoms with E-state index >= 15 is 0 Å². The number of methoxy groups -OCH3 is 1. The molecular formula is C13H15BrN2O2. The lowest BCUT2D eigenvalue weighted by Crippen LogP contribution is -2.12. The predicted molar refractivity (Wildman–Crippen MR) is 73.7 cm³/mol. The third kappa shape index (κ3) is 2.57. The first-order chi connectivity index (χ1) is 8.65.